The molecule has 0 fully saturated rings. The second-order valence-corrected chi connectivity index (χ2v) is 4.46. The smallest absolute Gasteiger partial charge is 0.129 e. The van der Waals surface area contributed by atoms with Gasteiger partial charge >= 0.3 is 0 Å². The molecule has 0 bridgehead atoms. The van der Waals surface area contributed by atoms with Crippen molar-refractivity contribution in [2.75, 3.05) is 14.2 Å². The Morgan fingerprint density at radius 2 is 2.11 bits per heavy atom. The van der Waals surface area contributed by atoms with E-state index >= 15 is 0 Å². The number of benzene rings is 1. The van der Waals surface area contributed by atoms with Crippen LogP contribution in [0.5, 0.6) is 0 Å². The van der Waals surface area contributed by atoms with Gasteiger partial charge in [0.1, 0.15) is 23.9 Å². The van der Waals surface area contributed by atoms with Crippen LogP contribution >= 0.6 is 0 Å². The first-order valence-corrected chi connectivity index (χ1v) is 6.16. The number of halogens is 1. The van der Waals surface area contributed by atoms with Gasteiger partial charge in [-0.1, -0.05) is 6.07 Å². The molecule has 1 N–H and O–H groups in total. The van der Waals surface area contributed by atoms with Gasteiger partial charge in [0.15, 0.2) is 0 Å². The van der Waals surface area contributed by atoms with Crippen molar-refractivity contribution in [2.45, 2.75) is 19.6 Å². The monoisotopic (exact) mass is 263 g/mol. The number of methoxy groups -OCH3 is 1. The Balaban J connectivity index is 2.32. The minimum Gasteiger partial charge on any atom is -0.462 e. The number of nitrogens with one attached hydrogen (secondary N) is 1. The Bertz CT molecular complexity index is 551. The molecule has 1 atom stereocenters. The van der Waals surface area contributed by atoms with Gasteiger partial charge in [-0.3, -0.25) is 0 Å². The van der Waals surface area contributed by atoms with E-state index in [9.17, 15) is 4.39 Å². The number of furan rings is 1. The molecule has 0 aliphatic heterocycles. The van der Waals surface area contributed by atoms with E-state index in [0.717, 1.165) is 22.6 Å². The summed E-state index contributed by atoms with van der Waals surface area (Å²) in [6.45, 7) is 2.33. The first-order valence-electron chi connectivity index (χ1n) is 6.16. The first kappa shape index (κ1) is 13.8. The maximum absolute atomic E-state index is 13.2. The molecular formula is C15H18FNO2. The summed E-state index contributed by atoms with van der Waals surface area (Å²) in [6.07, 6.45) is 0. The Morgan fingerprint density at radius 3 is 2.74 bits per heavy atom. The van der Waals surface area contributed by atoms with E-state index in [2.05, 4.69) is 5.32 Å². The number of hydrogen-bond donors (Lipinski definition) is 1. The third-order valence-electron chi connectivity index (χ3n) is 3.09. The van der Waals surface area contributed by atoms with Gasteiger partial charge < -0.3 is 14.5 Å². The van der Waals surface area contributed by atoms with Crippen LogP contribution in [0.2, 0.25) is 0 Å². The van der Waals surface area contributed by atoms with Gasteiger partial charge in [-0.2, -0.15) is 0 Å². The molecule has 1 heterocycles. The summed E-state index contributed by atoms with van der Waals surface area (Å²) in [7, 11) is 3.48. The molecule has 1 unspecified atom stereocenters. The van der Waals surface area contributed by atoms with Crippen molar-refractivity contribution >= 4 is 0 Å². The highest BCUT2D eigenvalue weighted by molar-refractivity contribution is 5.34. The van der Waals surface area contributed by atoms with Gasteiger partial charge in [-0.25, -0.2) is 4.39 Å². The molecule has 0 aliphatic carbocycles. The van der Waals surface area contributed by atoms with E-state index in [1.165, 1.54) is 12.1 Å². The number of hydrogen-bond acceptors (Lipinski definition) is 3. The van der Waals surface area contributed by atoms with E-state index in [0.29, 0.717) is 6.61 Å². The van der Waals surface area contributed by atoms with Crippen molar-refractivity contribution in [3.63, 3.8) is 0 Å². The summed E-state index contributed by atoms with van der Waals surface area (Å²) in [5, 5.41) is 3.19. The van der Waals surface area contributed by atoms with Crippen LogP contribution in [0.1, 0.15) is 28.7 Å². The van der Waals surface area contributed by atoms with Crippen molar-refractivity contribution in [3.8, 4) is 0 Å². The number of ether oxygens (including phenoxy) is 1. The molecule has 1 aromatic carbocycles. The maximum Gasteiger partial charge on any atom is 0.129 e. The Hall–Kier alpha value is -1.65. The highest BCUT2D eigenvalue weighted by Gasteiger charge is 2.18. The molecular weight excluding hydrogens is 245 g/mol. The molecule has 0 amide bonds. The lowest BCUT2D eigenvalue weighted by Crippen LogP contribution is -2.18. The van der Waals surface area contributed by atoms with Crippen LogP contribution in [-0.4, -0.2) is 14.2 Å². The summed E-state index contributed by atoms with van der Waals surface area (Å²) in [6, 6.07) is 8.49. The van der Waals surface area contributed by atoms with Crippen LogP contribution in [0.15, 0.2) is 34.7 Å². The van der Waals surface area contributed by atoms with Crippen molar-refractivity contribution in [1.82, 2.24) is 5.32 Å². The fourth-order valence-electron chi connectivity index (χ4n) is 2.18. The van der Waals surface area contributed by atoms with E-state index in [1.54, 1.807) is 13.2 Å². The van der Waals surface area contributed by atoms with Crippen LogP contribution in [0.4, 0.5) is 4.39 Å². The van der Waals surface area contributed by atoms with Crippen LogP contribution in [0, 0.1) is 12.7 Å². The summed E-state index contributed by atoms with van der Waals surface area (Å²) < 4.78 is 23.9. The zero-order valence-electron chi connectivity index (χ0n) is 11.4. The highest BCUT2D eigenvalue weighted by Crippen LogP contribution is 2.26. The lowest BCUT2D eigenvalue weighted by Gasteiger charge is -2.16. The lowest BCUT2D eigenvalue weighted by molar-refractivity contribution is 0.162. The largest absolute Gasteiger partial charge is 0.462 e. The van der Waals surface area contributed by atoms with E-state index < -0.39 is 0 Å². The maximum atomic E-state index is 13.2. The van der Waals surface area contributed by atoms with Crippen LogP contribution in [-0.2, 0) is 11.3 Å². The quantitative estimate of drug-likeness (QED) is 0.899. The van der Waals surface area contributed by atoms with E-state index in [4.69, 9.17) is 9.15 Å². The molecule has 0 saturated heterocycles. The van der Waals surface area contributed by atoms with Gasteiger partial charge in [-0.15, -0.1) is 0 Å². The fourth-order valence-corrected chi connectivity index (χ4v) is 2.18. The third kappa shape index (κ3) is 3.03. The summed E-state index contributed by atoms with van der Waals surface area (Å²) in [5.41, 5.74) is 1.89. The molecule has 102 valence electrons. The molecule has 0 spiro atoms. The minimum absolute atomic E-state index is 0.0915. The van der Waals surface area contributed by atoms with Gasteiger partial charge in [0, 0.05) is 7.11 Å². The molecule has 2 aromatic rings. The van der Waals surface area contributed by atoms with Crippen molar-refractivity contribution in [3.05, 3.63) is 58.8 Å². The molecule has 3 nitrogen and oxygen atoms in total. The van der Waals surface area contributed by atoms with Crippen molar-refractivity contribution in [1.29, 1.82) is 0 Å². The van der Waals surface area contributed by atoms with Crippen molar-refractivity contribution < 1.29 is 13.5 Å². The topological polar surface area (TPSA) is 34.4 Å². The van der Waals surface area contributed by atoms with E-state index in [1.807, 2.05) is 26.1 Å². The van der Waals surface area contributed by atoms with E-state index in [-0.39, 0.29) is 11.9 Å². The number of rotatable bonds is 5. The van der Waals surface area contributed by atoms with Crippen LogP contribution in [0.3, 0.4) is 0 Å². The Labute approximate surface area is 112 Å². The third-order valence-corrected chi connectivity index (χ3v) is 3.09. The SMILES string of the molecule is CNC(c1ccc(COC)o1)c1ccc(F)cc1C. The normalized spacial score (nSPS) is 12.6. The minimum atomic E-state index is -0.226. The standard InChI is InChI=1S/C15H18FNO2/c1-10-8-11(16)4-6-13(10)15(17-2)14-7-5-12(19-14)9-18-3/h4-8,15,17H,9H2,1-3H3. The molecule has 4 heteroatoms. The molecule has 2 rings (SSSR count). The molecule has 0 radical (unpaired) electrons. The second-order valence-electron chi connectivity index (χ2n) is 4.46. The van der Waals surface area contributed by atoms with Gasteiger partial charge in [0.05, 0.1) is 6.04 Å². The summed E-state index contributed by atoms with van der Waals surface area (Å²) >= 11 is 0. The molecule has 19 heavy (non-hydrogen) atoms. The predicted octanol–water partition coefficient (Wildman–Crippen LogP) is 3.18. The average molecular weight is 263 g/mol. The van der Waals surface area contributed by atoms with Gasteiger partial charge in [0.2, 0.25) is 0 Å². The van der Waals surface area contributed by atoms with Crippen LogP contribution in [0.25, 0.3) is 0 Å². The predicted molar refractivity (Wildman–Crippen MR) is 71.5 cm³/mol. The van der Waals surface area contributed by atoms with Crippen LogP contribution < -0.4 is 5.32 Å². The number of aryl methyl sites for hydroxylation is 1. The zero-order chi connectivity index (χ0) is 13.8. The summed E-state index contributed by atoms with van der Waals surface area (Å²) in [5.74, 6) is 1.34. The second kappa shape index (κ2) is 5.99. The molecule has 1 aromatic heterocycles. The summed E-state index contributed by atoms with van der Waals surface area (Å²) in [4.78, 5) is 0. The molecule has 0 aliphatic rings. The van der Waals surface area contributed by atoms with Gasteiger partial charge in [0.25, 0.3) is 0 Å². The average Bonchev–Trinajstić information content (AvgIpc) is 2.82. The molecule has 0 saturated carbocycles. The Kier molecular flexibility index (Phi) is 4.35. The van der Waals surface area contributed by atoms with Gasteiger partial charge in [-0.05, 0) is 49.4 Å². The highest BCUT2D eigenvalue weighted by atomic mass is 19.1. The Morgan fingerprint density at radius 1 is 1.32 bits per heavy atom. The fraction of sp³-hybridized carbons (Fsp3) is 0.333. The van der Waals surface area contributed by atoms with Crippen molar-refractivity contribution in [2.24, 2.45) is 0 Å². The lowest BCUT2D eigenvalue weighted by atomic mass is 9.99. The zero-order valence-corrected chi connectivity index (χ0v) is 11.4. The first-order chi connectivity index (χ1) is 9.15.